The first-order chi connectivity index (χ1) is 13.0. The second kappa shape index (κ2) is 9.03. The summed E-state index contributed by atoms with van der Waals surface area (Å²) in [6, 6.07) is 25.3. The minimum atomic E-state index is -1.48. The van der Waals surface area contributed by atoms with Gasteiger partial charge in [-0.2, -0.15) is 10.0 Å². The van der Waals surface area contributed by atoms with E-state index in [9.17, 15) is 5.11 Å². The molecule has 2 nitrogen and oxygen atoms in total. The molecular weight excluding hydrogens is 399 g/mol. The molecule has 0 fully saturated rings. The van der Waals surface area contributed by atoms with E-state index in [1.807, 2.05) is 78.9 Å². The van der Waals surface area contributed by atoms with Gasteiger partial charge in [0.1, 0.15) is 12.4 Å². The van der Waals surface area contributed by atoms with E-state index in [1.54, 1.807) is 0 Å². The Hall–Kier alpha value is -1.65. The largest absolute Gasteiger partial charge is 0.491 e. The Bertz CT molecular complexity index is 806. The van der Waals surface area contributed by atoms with E-state index in [0.29, 0.717) is 15.8 Å². The Labute approximate surface area is 172 Å². The lowest BCUT2D eigenvalue weighted by Gasteiger charge is -2.38. The molecule has 1 atom stereocenters. The van der Waals surface area contributed by atoms with Gasteiger partial charge in [-0.15, -0.1) is 0 Å². The Morgan fingerprint density at radius 3 is 1.78 bits per heavy atom. The van der Waals surface area contributed by atoms with Crippen LogP contribution in [0.25, 0.3) is 0 Å². The lowest BCUT2D eigenvalue weighted by Crippen LogP contribution is -2.25. The summed E-state index contributed by atoms with van der Waals surface area (Å²) >= 11 is 12.1. The highest BCUT2D eigenvalue weighted by atomic mass is 35.5. The molecule has 0 aromatic heterocycles. The third-order valence-corrected chi connectivity index (χ3v) is 8.56. The Balaban J connectivity index is 1.83. The first kappa shape index (κ1) is 20.1. The predicted molar refractivity (Wildman–Crippen MR) is 116 cm³/mol. The fourth-order valence-corrected chi connectivity index (χ4v) is 6.19. The highest BCUT2D eigenvalue weighted by Crippen LogP contribution is 2.60. The monoisotopic (exact) mass is 420 g/mol. The number of hydrogen-bond donors (Lipinski definition) is 1. The van der Waals surface area contributed by atoms with Crippen molar-refractivity contribution in [1.29, 1.82) is 0 Å². The molecule has 3 aromatic rings. The summed E-state index contributed by atoms with van der Waals surface area (Å²) in [6.45, 7) is 0.244. The molecule has 0 bridgehead atoms. The molecule has 0 aliphatic carbocycles. The maximum atomic E-state index is 10.7. The zero-order valence-electron chi connectivity index (χ0n) is 15.0. The number of para-hydroxylation sites is 1. The minimum absolute atomic E-state index is 0.244. The van der Waals surface area contributed by atoms with Crippen molar-refractivity contribution in [2.24, 2.45) is 0 Å². The van der Waals surface area contributed by atoms with Gasteiger partial charge in [0.2, 0.25) is 0 Å². The van der Waals surface area contributed by atoms with Gasteiger partial charge in [0.25, 0.3) is 0 Å². The Morgan fingerprint density at radius 2 is 1.30 bits per heavy atom. The van der Waals surface area contributed by atoms with Gasteiger partial charge in [0, 0.05) is 15.8 Å². The molecule has 142 valence electrons. The minimum Gasteiger partial charge on any atom is -0.491 e. The molecule has 3 aromatic carbocycles. The van der Waals surface area contributed by atoms with Crippen LogP contribution in [0, 0.1) is 0 Å². The van der Waals surface area contributed by atoms with Gasteiger partial charge >= 0.3 is 0 Å². The van der Waals surface area contributed by atoms with Crippen LogP contribution >= 0.6 is 33.2 Å². The summed E-state index contributed by atoms with van der Waals surface area (Å²) in [4.78, 5) is 2.32. The average Bonchev–Trinajstić information content (AvgIpc) is 2.68. The van der Waals surface area contributed by atoms with Crippen LogP contribution in [-0.4, -0.2) is 29.8 Å². The molecule has 0 spiro atoms. The van der Waals surface area contributed by atoms with Gasteiger partial charge in [0.15, 0.2) is 0 Å². The van der Waals surface area contributed by atoms with Gasteiger partial charge < -0.3 is 9.84 Å². The number of halogens is 2. The fourth-order valence-electron chi connectivity index (χ4n) is 2.94. The van der Waals surface area contributed by atoms with Gasteiger partial charge in [-0.3, -0.25) is 0 Å². The smallest absolute Gasteiger partial charge is 0.119 e. The molecule has 0 saturated carbocycles. The fraction of sp³-hybridized carbons (Fsp3) is 0.182. The summed E-state index contributed by atoms with van der Waals surface area (Å²) in [5, 5.41) is 12.1. The molecule has 27 heavy (non-hydrogen) atoms. The van der Waals surface area contributed by atoms with Crippen LogP contribution in [-0.2, 0) is 0 Å². The van der Waals surface area contributed by atoms with E-state index in [0.717, 1.165) is 15.5 Å². The van der Waals surface area contributed by atoms with Crippen LogP contribution in [0.3, 0.4) is 0 Å². The molecule has 1 N–H and O–H groups in total. The highest BCUT2D eigenvalue weighted by Gasteiger charge is 2.27. The van der Waals surface area contributed by atoms with Crippen LogP contribution < -0.4 is 4.74 Å². The van der Waals surface area contributed by atoms with E-state index in [-0.39, 0.29) is 6.61 Å². The van der Waals surface area contributed by atoms with Crippen molar-refractivity contribution in [3.8, 4) is 5.75 Å². The first-order valence-electron chi connectivity index (χ1n) is 8.60. The SMILES string of the molecule is CS(CC(O)COc1ccccc1)(c1ccc(Cl)cc1)c1ccc(Cl)cc1. The van der Waals surface area contributed by atoms with E-state index in [2.05, 4.69) is 6.26 Å². The third-order valence-electron chi connectivity index (χ3n) is 4.38. The summed E-state index contributed by atoms with van der Waals surface area (Å²) in [5.41, 5.74) is 0. The molecule has 3 rings (SSSR count). The molecule has 0 saturated heterocycles. The number of aliphatic hydroxyl groups excluding tert-OH is 1. The van der Waals surface area contributed by atoms with Crippen LogP contribution in [0.15, 0.2) is 88.7 Å². The second-order valence-electron chi connectivity index (χ2n) is 6.44. The maximum Gasteiger partial charge on any atom is 0.119 e. The number of rotatable bonds is 7. The van der Waals surface area contributed by atoms with Gasteiger partial charge in [-0.25, -0.2) is 0 Å². The Morgan fingerprint density at radius 1 is 0.815 bits per heavy atom. The van der Waals surface area contributed by atoms with Gasteiger partial charge in [0.05, 0.1) is 6.10 Å². The predicted octanol–water partition coefficient (Wildman–Crippen LogP) is 6.29. The van der Waals surface area contributed by atoms with Gasteiger partial charge in [-0.05, 0) is 76.7 Å². The van der Waals surface area contributed by atoms with E-state index in [4.69, 9.17) is 27.9 Å². The molecule has 0 aliphatic rings. The summed E-state index contributed by atoms with van der Waals surface area (Å²) in [6.07, 6.45) is 1.60. The highest BCUT2D eigenvalue weighted by molar-refractivity contribution is 8.33. The summed E-state index contributed by atoms with van der Waals surface area (Å²) < 4.78 is 5.74. The van der Waals surface area contributed by atoms with Crippen molar-refractivity contribution in [3.63, 3.8) is 0 Å². The Kier molecular flexibility index (Phi) is 6.72. The molecule has 0 heterocycles. The standard InChI is InChI=1S/C22H22Cl2O2S/c1-27(21-11-7-17(23)8-12-21,22-13-9-18(24)10-14-22)16-19(25)15-26-20-5-3-2-4-6-20/h2-14,19,25H,15-16H2,1H3. The molecule has 5 heteroatoms. The number of hydrogen-bond acceptors (Lipinski definition) is 2. The van der Waals surface area contributed by atoms with Crippen molar-refractivity contribution in [2.45, 2.75) is 15.9 Å². The van der Waals surface area contributed by atoms with Gasteiger partial charge in [-0.1, -0.05) is 41.4 Å². The number of ether oxygens (including phenoxy) is 1. The molecule has 0 amide bonds. The normalized spacial score (nSPS) is 13.2. The third kappa shape index (κ3) is 5.20. The van der Waals surface area contributed by atoms with Crippen molar-refractivity contribution >= 4 is 33.2 Å². The molecule has 0 radical (unpaired) electrons. The van der Waals surface area contributed by atoms with E-state index < -0.39 is 16.1 Å². The second-order valence-corrected chi connectivity index (χ2v) is 10.8. The number of benzene rings is 3. The summed E-state index contributed by atoms with van der Waals surface area (Å²) in [7, 11) is -1.48. The van der Waals surface area contributed by atoms with Crippen LogP contribution in [0.4, 0.5) is 0 Å². The van der Waals surface area contributed by atoms with Crippen LogP contribution in [0.2, 0.25) is 10.0 Å². The quantitative estimate of drug-likeness (QED) is 0.486. The van der Waals surface area contributed by atoms with Crippen LogP contribution in [0.5, 0.6) is 5.75 Å². The van der Waals surface area contributed by atoms with Crippen LogP contribution in [0.1, 0.15) is 0 Å². The average molecular weight is 421 g/mol. The van der Waals surface area contributed by atoms with E-state index >= 15 is 0 Å². The molecular formula is C22H22Cl2O2S. The maximum absolute atomic E-state index is 10.7. The van der Waals surface area contributed by atoms with Crippen molar-refractivity contribution in [3.05, 3.63) is 88.9 Å². The van der Waals surface area contributed by atoms with Crippen molar-refractivity contribution < 1.29 is 9.84 Å². The van der Waals surface area contributed by atoms with E-state index in [1.165, 1.54) is 0 Å². The van der Waals surface area contributed by atoms with Crippen molar-refractivity contribution in [2.75, 3.05) is 18.6 Å². The molecule has 0 aliphatic heterocycles. The zero-order chi connectivity index (χ0) is 19.3. The number of aliphatic hydroxyl groups is 1. The lowest BCUT2D eigenvalue weighted by atomic mass is 10.3. The topological polar surface area (TPSA) is 29.5 Å². The lowest BCUT2D eigenvalue weighted by molar-refractivity contribution is 0.126. The zero-order valence-corrected chi connectivity index (χ0v) is 17.3. The first-order valence-corrected chi connectivity index (χ1v) is 11.6. The van der Waals surface area contributed by atoms with Crippen molar-refractivity contribution in [1.82, 2.24) is 0 Å². The molecule has 1 unspecified atom stereocenters. The summed E-state index contributed by atoms with van der Waals surface area (Å²) in [5.74, 6) is 1.34.